The first-order chi connectivity index (χ1) is 11.8. The molecule has 124 valence electrons. The Hall–Kier alpha value is -2.66. The maximum absolute atomic E-state index is 11.7. The van der Waals surface area contributed by atoms with Gasteiger partial charge in [-0.1, -0.05) is 48.5 Å². The van der Waals surface area contributed by atoms with Gasteiger partial charge in [-0.15, -0.1) is 0 Å². The zero-order valence-corrected chi connectivity index (χ0v) is 13.6. The van der Waals surface area contributed by atoms with Crippen LogP contribution in [0, 0.1) is 0 Å². The van der Waals surface area contributed by atoms with Crippen molar-refractivity contribution >= 4 is 16.6 Å². The van der Waals surface area contributed by atoms with Gasteiger partial charge in [0.2, 0.25) is 0 Å². The van der Waals surface area contributed by atoms with Crippen LogP contribution >= 0.6 is 0 Å². The lowest BCUT2D eigenvalue weighted by Crippen LogP contribution is -2.21. The molecule has 0 spiro atoms. The van der Waals surface area contributed by atoms with Crippen LogP contribution in [0.2, 0.25) is 0 Å². The molecule has 0 radical (unpaired) electrons. The molecule has 2 aromatic carbocycles. The Kier molecular flexibility index (Phi) is 5.58. The lowest BCUT2D eigenvalue weighted by molar-refractivity contribution is 0.659. The molecule has 0 amide bonds. The monoisotopic (exact) mass is 322 g/mol. The second kappa shape index (κ2) is 8.26. The van der Waals surface area contributed by atoms with Crippen LogP contribution in [0.25, 0.3) is 10.8 Å². The summed E-state index contributed by atoms with van der Waals surface area (Å²) in [5.41, 5.74) is 1.20. The zero-order chi connectivity index (χ0) is 16.6. The third-order valence-electron chi connectivity index (χ3n) is 3.95. The average Bonchev–Trinajstić information content (AvgIpc) is 2.64. The third-order valence-corrected chi connectivity index (χ3v) is 3.95. The first-order valence-corrected chi connectivity index (χ1v) is 8.30. The third kappa shape index (κ3) is 4.20. The van der Waals surface area contributed by atoms with E-state index in [9.17, 15) is 4.79 Å². The summed E-state index contributed by atoms with van der Waals surface area (Å²) in [7, 11) is 0. The van der Waals surface area contributed by atoms with E-state index in [2.05, 4.69) is 45.1 Å². The number of H-pyrrole nitrogens is 1. The minimum absolute atomic E-state index is 0.154. The summed E-state index contributed by atoms with van der Waals surface area (Å²) >= 11 is 0. The average molecular weight is 322 g/mol. The van der Waals surface area contributed by atoms with Gasteiger partial charge >= 0.3 is 0 Å². The quantitative estimate of drug-likeness (QED) is 0.558. The zero-order valence-electron chi connectivity index (χ0n) is 13.6. The molecule has 0 saturated carbocycles. The molecule has 0 aliphatic rings. The van der Waals surface area contributed by atoms with E-state index in [0.717, 1.165) is 43.7 Å². The normalized spacial score (nSPS) is 10.8. The van der Waals surface area contributed by atoms with Crippen LogP contribution in [-0.4, -0.2) is 29.8 Å². The lowest BCUT2D eigenvalue weighted by Gasteiger charge is -2.08. The molecule has 0 unspecified atom stereocenters. The second-order valence-corrected chi connectivity index (χ2v) is 5.71. The summed E-state index contributed by atoms with van der Waals surface area (Å²) in [6.45, 7) is 2.73. The number of benzene rings is 2. The van der Waals surface area contributed by atoms with Crippen molar-refractivity contribution in [2.75, 3.05) is 25.0 Å². The van der Waals surface area contributed by atoms with Crippen molar-refractivity contribution in [1.82, 2.24) is 15.5 Å². The van der Waals surface area contributed by atoms with E-state index in [4.69, 9.17) is 0 Å². The maximum Gasteiger partial charge on any atom is 0.272 e. The fourth-order valence-corrected chi connectivity index (χ4v) is 2.67. The minimum Gasteiger partial charge on any atom is -0.368 e. The highest BCUT2D eigenvalue weighted by Gasteiger charge is 2.04. The number of anilines is 1. The Labute approximate surface area is 141 Å². The summed E-state index contributed by atoms with van der Waals surface area (Å²) in [6, 6.07) is 18.0. The van der Waals surface area contributed by atoms with Crippen molar-refractivity contribution in [3.63, 3.8) is 0 Å². The number of aromatic nitrogens is 2. The van der Waals surface area contributed by atoms with Crippen LogP contribution in [0.15, 0.2) is 59.4 Å². The van der Waals surface area contributed by atoms with E-state index < -0.39 is 0 Å². The molecule has 0 atom stereocenters. The molecule has 0 saturated heterocycles. The minimum atomic E-state index is -0.154. The predicted octanol–water partition coefficient (Wildman–Crippen LogP) is 2.56. The number of fused-ring (bicyclic) bond motifs is 1. The van der Waals surface area contributed by atoms with Gasteiger partial charge < -0.3 is 10.6 Å². The number of hydrogen-bond acceptors (Lipinski definition) is 4. The predicted molar refractivity (Wildman–Crippen MR) is 98.5 cm³/mol. The first-order valence-electron chi connectivity index (χ1n) is 8.30. The van der Waals surface area contributed by atoms with E-state index in [0.29, 0.717) is 5.39 Å². The first kappa shape index (κ1) is 16.2. The molecule has 1 aromatic heterocycles. The summed E-state index contributed by atoms with van der Waals surface area (Å²) < 4.78 is 0. The topological polar surface area (TPSA) is 69.8 Å². The van der Waals surface area contributed by atoms with Gasteiger partial charge in [0, 0.05) is 11.9 Å². The van der Waals surface area contributed by atoms with Crippen molar-refractivity contribution in [2.24, 2.45) is 0 Å². The molecule has 5 heteroatoms. The van der Waals surface area contributed by atoms with Crippen molar-refractivity contribution in [1.29, 1.82) is 0 Å². The Bertz CT molecular complexity index is 829. The second-order valence-electron chi connectivity index (χ2n) is 5.71. The fourth-order valence-electron chi connectivity index (χ4n) is 2.67. The van der Waals surface area contributed by atoms with Gasteiger partial charge in [-0.3, -0.25) is 4.79 Å². The van der Waals surface area contributed by atoms with Crippen molar-refractivity contribution in [3.8, 4) is 0 Å². The Morgan fingerprint density at radius 1 is 0.875 bits per heavy atom. The summed E-state index contributed by atoms with van der Waals surface area (Å²) in [6.07, 6.45) is 2.03. The molecule has 0 aliphatic heterocycles. The van der Waals surface area contributed by atoms with Crippen molar-refractivity contribution in [2.45, 2.75) is 12.8 Å². The molecule has 3 N–H and O–H groups in total. The number of rotatable bonds is 8. The molecule has 0 aliphatic carbocycles. The number of nitrogens with one attached hydrogen (secondary N) is 3. The van der Waals surface area contributed by atoms with E-state index >= 15 is 0 Å². The molecular weight excluding hydrogens is 300 g/mol. The van der Waals surface area contributed by atoms with Gasteiger partial charge in [0.25, 0.3) is 5.56 Å². The maximum atomic E-state index is 11.7. The molecule has 3 rings (SSSR count). The molecule has 0 bridgehead atoms. The Balaban J connectivity index is 1.41. The fraction of sp³-hybridized carbons (Fsp3) is 0.263. The number of nitrogens with zero attached hydrogens (tertiary/aromatic N) is 1. The molecule has 0 fully saturated rings. The summed E-state index contributed by atoms with van der Waals surface area (Å²) in [4.78, 5) is 11.7. The van der Waals surface area contributed by atoms with Gasteiger partial charge in [0.15, 0.2) is 5.82 Å². The van der Waals surface area contributed by atoms with Crippen molar-refractivity contribution < 1.29 is 0 Å². The number of aromatic amines is 1. The molecular formula is C19H22N4O. The summed E-state index contributed by atoms with van der Waals surface area (Å²) in [5, 5.41) is 14.9. The van der Waals surface area contributed by atoms with E-state index in [-0.39, 0.29) is 5.56 Å². The van der Waals surface area contributed by atoms with E-state index in [1.807, 2.05) is 30.3 Å². The van der Waals surface area contributed by atoms with Crippen LogP contribution in [-0.2, 0) is 6.42 Å². The van der Waals surface area contributed by atoms with Gasteiger partial charge in [-0.2, -0.15) is 5.10 Å². The smallest absolute Gasteiger partial charge is 0.272 e. The van der Waals surface area contributed by atoms with Crippen LogP contribution < -0.4 is 16.2 Å². The van der Waals surface area contributed by atoms with Crippen LogP contribution in [0.3, 0.4) is 0 Å². The van der Waals surface area contributed by atoms with Gasteiger partial charge in [0.05, 0.1) is 5.39 Å². The van der Waals surface area contributed by atoms with Gasteiger partial charge in [0.1, 0.15) is 0 Å². The van der Waals surface area contributed by atoms with E-state index in [1.165, 1.54) is 5.56 Å². The Morgan fingerprint density at radius 2 is 1.62 bits per heavy atom. The molecule has 3 aromatic rings. The number of hydrogen-bond donors (Lipinski definition) is 3. The highest BCUT2D eigenvalue weighted by atomic mass is 16.1. The van der Waals surface area contributed by atoms with E-state index in [1.54, 1.807) is 0 Å². The standard InChI is InChI=1S/C19H22N4O/c24-19-17-10-5-4-9-16(17)18(22-23-19)21-13-6-12-20-14-11-15-7-2-1-3-8-15/h1-5,7-10,20H,6,11-14H2,(H,21,22)(H,23,24). The highest BCUT2D eigenvalue weighted by Crippen LogP contribution is 2.16. The van der Waals surface area contributed by atoms with Gasteiger partial charge in [-0.05, 0) is 37.6 Å². The molecule has 5 nitrogen and oxygen atoms in total. The molecule has 24 heavy (non-hydrogen) atoms. The highest BCUT2D eigenvalue weighted by molar-refractivity contribution is 5.90. The Morgan fingerprint density at radius 3 is 2.46 bits per heavy atom. The van der Waals surface area contributed by atoms with Crippen LogP contribution in [0.5, 0.6) is 0 Å². The van der Waals surface area contributed by atoms with Crippen LogP contribution in [0.4, 0.5) is 5.82 Å². The molecule has 1 heterocycles. The lowest BCUT2D eigenvalue weighted by atomic mass is 10.1. The van der Waals surface area contributed by atoms with Crippen LogP contribution in [0.1, 0.15) is 12.0 Å². The SMILES string of the molecule is O=c1[nH]nc(NCCCNCCc2ccccc2)c2ccccc12. The summed E-state index contributed by atoms with van der Waals surface area (Å²) in [5.74, 6) is 0.731. The van der Waals surface area contributed by atoms with Crippen molar-refractivity contribution in [3.05, 3.63) is 70.5 Å². The largest absolute Gasteiger partial charge is 0.368 e. The van der Waals surface area contributed by atoms with Gasteiger partial charge in [-0.25, -0.2) is 5.10 Å².